The number of amides is 2. The summed E-state index contributed by atoms with van der Waals surface area (Å²) in [6.45, 7) is 2.82. The molecule has 0 unspecified atom stereocenters. The van der Waals surface area contributed by atoms with Gasteiger partial charge < -0.3 is 15.1 Å². The molecule has 1 N–H and O–H groups in total. The minimum Gasteiger partial charge on any atom is -0.338 e. The maximum atomic E-state index is 12.2. The number of hydrogen-bond acceptors (Lipinski definition) is 2. The molecule has 0 spiro atoms. The van der Waals surface area contributed by atoms with E-state index in [0.29, 0.717) is 12.6 Å². The second-order valence-corrected chi connectivity index (χ2v) is 6.67. The summed E-state index contributed by atoms with van der Waals surface area (Å²) in [4.78, 5) is 16.3. The number of halogens is 1. The Bertz CT molecular complexity index is 455. The van der Waals surface area contributed by atoms with Crippen LogP contribution in [0.5, 0.6) is 0 Å². The van der Waals surface area contributed by atoms with E-state index in [1.54, 1.807) is 0 Å². The van der Waals surface area contributed by atoms with E-state index in [2.05, 4.69) is 45.3 Å². The number of likely N-dealkylation sites (tertiary alicyclic amines) is 1. The molecule has 0 atom stereocenters. The van der Waals surface area contributed by atoms with Gasteiger partial charge in [-0.15, -0.1) is 0 Å². The van der Waals surface area contributed by atoms with Gasteiger partial charge in [0.1, 0.15) is 0 Å². The zero-order chi connectivity index (χ0) is 15.2. The van der Waals surface area contributed by atoms with Crippen LogP contribution in [0.4, 0.5) is 4.79 Å². The van der Waals surface area contributed by atoms with Crippen molar-refractivity contribution in [2.24, 2.45) is 0 Å². The largest absolute Gasteiger partial charge is 0.338 e. The standard InChI is InChI=1S/C16H24BrN3O/c1-19-11-8-15(9-12-19)20(2)16(21)18-10-7-13-3-5-14(17)6-4-13/h3-6,15H,7-12H2,1-2H3,(H,18,21). The van der Waals surface area contributed by atoms with Crippen LogP contribution in [-0.2, 0) is 6.42 Å². The molecule has 4 nitrogen and oxygen atoms in total. The zero-order valence-electron chi connectivity index (χ0n) is 12.8. The van der Waals surface area contributed by atoms with Gasteiger partial charge in [0.25, 0.3) is 0 Å². The number of nitrogens with zero attached hydrogens (tertiary/aromatic N) is 2. The van der Waals surface area contributed by atoms with Gasteiger partial charge in [-0.05, 0) is 57.1 Å². The third kappa shape index (κ3) is 5.00. The third-order valence-corrected chi connectivity index (χ3v) is 4.69. The minimum atomic E-state index is 0.0432. The highest BCUT2D eigenvalue weighted by Gasteiger charge is 2.23. The molecule has 1 fully saturated rings. The lowest BCUT2D eigenvalue weighted by atomic mass is 10.0. The Balaban J connectivity index is 1.72. The Morgan fingerprint density at radius 2 is 1.95 bits per heavy atom. The van der Waals surface area contributed by atoms with E-state index in [0.717, 1.165) is 36.8 Å². The number of hydrogen-bond donors (Lipinski definition) is 1. The van der Waals surface area contributed by atoms with Crippen molar-refractivity contribution in [3.05, 3.63) is 34.3 Å². The van der Waals surface area contributed by atoms with E-state index >= 15 is 0 Å². The fourth-order valence-corrected chi connectivity index (χ4v) is 2.90. The Morgan fingerprint density at radius 3 is 2.57 bits per heavy atom. The van der Waals surface area contributed by atoms with Crippen molar-refractivity contribution in [3.63, 3.8) is 0 Å². The predicted octanol–water partition coefficient (Wildman–Crippen LogP) is 2.73. The van der Waals surface area contributed by atoms with Gasteiger partial charge in [-0.3, -0.25) is 0 Å². The molecule has 0 saturated carbocycles. The van der Waals surface area contributed by atoms with Gasteiger partial charge in [-0.2, -0.15) is 0 Å². The van der Waals surface area contributed by atoms with E-state index in [9.17, 15) is 4.79 Å². The molecule has 1 aliphatic heterocycles. The molecule has 2 rings (SSSR count). The van der Waals surface area contributed by atoms with Crippen molar-refractivity contribution in [1.82, 2.24) is 15.1 Å². The fraction of sp³-hybridized carbons (Fsp3) is 0.562. The second kappa shape index (κ2) is 7.80. The molecule has 116 valence electrons. The van der Waals surface area contributed by atoms with Crippen LogP contribution < -0.4 is 5.32 Å². The molecule has 2 amide bonds. The van der Waals surface area contributed by atoms with Gasteiger partial charge in [-0.25, -0.2) is 4.79 Å². The summed E-state index contributed by atoms with van der Waals surface area (Å²) < 4.78 is 1.08. The second-order valence-electron chi connectivity index (χ2n) is 5.75. The quantitative estimate of drug-likeness (QED) is 0.903. The summed E-state index contributed by atoms with van der Waals surface area (Å²) >= 11 is 3.42. The monoisotopic (exact) mass is 353 g/mol. The molecule has 5 heteroatoms. The summed E-state index contributed by atoms with van der Waals surface area (Å²) in [6, 6.07) is 8.63. The van der Waals surface area contributed by atoms with Crippen molar-refractivity contribution < 1.29 is 4.79 Å². The predicted molar refractivity (Wildman–Crippen MR) is 89.5 cm³/mol. The van der Waals surface area contributed by atoms with Crippen LogP contribution in [0.3, 0.4) is 0 Å². The summed E-state index contributed by atoms with van der Waals surface area (Å²) in [6.07, 6.45) is 2.99. The van der Waals surface area contributed by atoms with Gasteiger partial charge in [-0.1, -0.05) is 28.1 Å². The maximum Gasteiger partial charge on any atom is 0.317 e. The number of carbonyl (C=O) groups excluding carboxylic acids is 1. The van der Waals surface area contributed by atoms with Crippen LogP contribution in [0.2, 0.25) is 0 Å². The minimum absolute atomic E-state index is 0.0432. The molecule has 1 aromatic rings. The van der Waals surface area contributed by atoms with E-state index in [1.165, 1.54) is 5.56 Å². The number of nitrogens with one attached hydrogen (secondary N) is 1. The first kappa shape index (κ1) is 16.3. The van der Waals surface area contributed by atoms with Gasteiger partial charge in [0, 0.05) is 24.1 Å². The summed E-state index contributed by atoms with van der Waals surface area (Å²) in [5, 5.41) is 3.02. The zero-order valence-corrected chi connectivity index (χ0v) is 14.4. The number of benzene rings is 1. The number of rotatable bonds is 4. The van der Waals surface area contributed by atoms with Gasteiger partial charge >= 0.3 is 6.03 Å². The Labute approximate surface area is 135 Å². The molecular formula is C16H24BrN3O. The molecule has 21 heavy (non-hydrogen) atoms. The first-order chi connectivity index (χ1) is 10.1. The lowest BCUT2D eigenvalue weighted by molar-refractivity contribution is 0.148. The van der Waals surface area contributed by atoms with Gasteiger partial charge in [0.05, 0.1) is 0 Å². The molecule has 0 radical (unpaired) electrons. The van der Waals surface area contributed by atoms with Crippen LogP contribution in [-0.4, -0.2) is 55.6 Å². The van der Waals surface area contributed by atoms with Crippen molar-refractivity contribution >= 4 is 22.0 Å². The number of urea groups is 1. The Hall–Kier alpha value is -1.07. The van der Waals surface area contributed by atoms with E-state index < -0.39 is 0 Å². The van der Waals surface area contributed by atoms with Crippen LogP contribution in [0.1, 0.15) is 18.4 Å². The Morgan fingerprint density at radius 1 is 1.33 bits per heavy atom. The first-order valence-electron chi connectivity index (χ1n) is 7.50. The Kier molecular flexibility index (Phi) is 6.06. The van der Waals surface area contributed by atoms with E-state index in [-0.39, 0.29) is 6.03 Å². The molecule has 0 aliphatic carbocycles. The maximum absolute atomic E-state index is 12.2. The highest BCUT2D eigenvalue weighted by molar-refractivity contribution is 9.10. The average molecular weight is 354 g/mol. The van der Waals surface area contributed by atoms with Crippen LogP contribution in [0.15, 0.2) is 28.7 Å². The molecule has 1 saturated heterocycles. The highest BCUT2D eigenvalue weighted by Crippen LogP contribution is 2.14. The fourth-order valence-electron chi connectivity index (χ4n) is 2.64. The summed E-state index contributed by atoms with van der Waals surface area (Å²) in [5.41, 5.74) is 1.24. The average Bonchev–Trinajstić information content (AvgIpc) is 2.49. The topological polar surface area (TPSA) is 35.6 Å². The van der Waals surface area contributed by atoms with Crippen LogP contribution >= 0.6 is 15.9 Å². The lowest BCUT2D eigenvalue weighted by Crippen LogP contribution is -2.48. The van der Waals surface area contributed by atoms with E-state index in [1.807, 2.05) is 24.1 Å². The van der Waals surface area contributed by atoms with E-state index in [4.69, 9.17) is 0 Å². The first-order valence-corrected chi connectivity index (χ1v) is 8.29. The summed E-state index contributed by atoms with van der Waals surface area (Å²) in [7, 11) is 4.04. The molecule has 1 aromatic carbocycles. The van der Waals surface area contributed by atoms with Crippen molar-refractivity contribution in [2.45, 2.75) is 25.3 Å². The van der Waals surface area contributed by atoms with Gasteiger partial charge in [0.2, 0.25) is 0 Å². The van der Waals surface area contributed by atoms with Crippen molar-refractivity contribution in [1.29, 1.82) is 0 Å². The SMILES string of the molecule is CN1CCC(N(C)C(=O)NCCc2ccc(Br)cc2)CC1. The smallest absolute Gasteiger partial charge is 0.317 e. The highest BCUT2D eigenvalue weighted by atomic mass is 79.9. The molecule has 0 aromatic heterocycles. The molecule has 0 bridgehead atoms. The number of carbonyl (C=O) groups is 1. The van der Waals surface area contributed by atoms with Crippen molar-refractivity contribution in [3.8, 4) is 0 Å². The molecular weight excluding hydrogens is 330 g/mol. The molecule has 1 aliphatic rings. The molecule has 1 heterocycles. The normalized spacial score (nSPS) is 16.7. The van der Waals surface area contributed by atoms with Crippen LogP contribution in [0, 0.1) is 0 Å². The summed E-state index contributed by atoms with van der Waals surface area (Å²) in [5.74, 6) is 0. The lowest BCUT2D eigenvalue weighted by Gasteiger charge is -2.35. The van der Waals surface area contributed by atoms with Crippen LogP contribution in [0.25, 0.3) is 0 Å². The van der Waals surface area contributed by atoms with Crippen molar-refractivity contribution in [2.75, 3.05) is 33.7 Å². The third-order valence-electron chi connectivity index (χ3n) is 4.16. The van der Waals surface area contributed by atoms with Gasteiger partial charge in [0.15, 0.2) is 0 Å². The number of piperidine rings is 1.